The third-order valence-electron chi connectivity index (χ3n) is 4.92. The molecule has 2 aliphatic rings. The Morgan fingerprint density at radius 1 is 1.32 bits per heavy atom. The first kappa shape index (κ1) is 15.3. The summed E-state index contributed by atoms with van der Waals surface area (Å²) < 4.78 is 5.15. The van der Waals surface area contributed by atoms with Crippen LogP contribution < -0.4 is 5.32 Å². The SMILES string of the molecule is CCNC(=NCc1nc(C)no1)N1CCC2(CCCCC2)C1. The van der Waals surface area contributed by atoms with E-state index in [-0.39, 0.29) is 0 Å². The van der Waals surface area contributed by atoms with Crippen molar-refractivity contribution in [3.63, 3.8) is 0 Å². The molecule has 1 aliphatic carbocycles. The van der Waals surface area contributed by atoms with Gasteiger partial charge in [-0.25, -0.2) is 4.99 Å². The molecule has 6 heteroatoms. The molecule has 1 aromatic rings. The van der Waals surface area contributed by atoms with Crippen molar-refractivity contribution in [1.82, 2.24) is 20.4 Å². The summed E-state index contributed by atoms with van der Waals surface area (Å²) in [5, 5.41) is 7.23. The lowest BCUT2D eigenvalue weighted by Crippen LogP contribution is -2.41. The Labute approximate surface area is 132 Å². The van der Waals surface area contributed by atoms with Crippen LogP contribution in [0.15, 0.2) is 9.52 Å². The number of nitrogens with one attached hydrogen (secondary N) is 1. The summed E-state index contributed by atoms with van der Waals surface area (Å²) in [5.41, 5.74) is 0.537. The molecule has 0 radical (unpaired) electrons. The van der Waals surface area contributed by atoms with E-state index in [9.17, 15) is 0 Å². The molecule has 1 saturated carbocycles. The summed E-state index contributed by atoms with van der Waals surface area (Å²) in [6, 6.07) is 0. The van der Waals surface area contributed by atoms with Crippen LogP contribution in [0, 0.1) is 12.3 Å². The largest absolute Gasteiger partial charge is 0.357 e. The fourth-order valence-electron chi connectivity index (χ4n) is 3.80. The quantitative estimate of drug-likeness (QED) is 0.686. The van der Waals surface area contributed by atoms with Gasteiger partial charge in [0.25, 0.3) is 0 Å². The minimum Gasteiger partial charge on any atom is -0.357 e. The van der Waals surface area contributed by atoms with Gasteiger partial charge in [-0.05, 0) is 38.5 Å². The molecular weight excluding hydrogens is 278 g/mol. The molecule has 1 saturated heterocycles. The van der Waals surface area contributed by atoms with Crippen LogP contribution in [0.1, 0.15) is 57.2 Å². The van der Waals surface area contributed by atoms with Gasteiger partial charge in [0, 0.05) is 19.6 Å². The van der Waals surface area contributed by atoms with Crippen LogP contribution in [0.25, 0.3) is 0 Å². The number of hydrogen-bond donors (Lipinski definition) is 1. The second-order valence-corrected chi connectivity index (χ2v) is 6.64. The van der Waals surface area contributed by atoms with Gasteiger partial charge in [-0.1, -0.05) is 24.4 Å². The molecule has 0 bridgehead atoms. The number of aromatic nitrogens is 2. The number of likely N-dealkylation sites (tertiary alicyclic amines) is 1. The molecule has 1 spiro atoms. The van der Waals surface area contributed by atoms with E-state index < -0.39 is 0 Å². The van der Waals surface area contributed by atoms with Gasteiger partial charge in [-0.3, -0.25) is 0 Å². The highest BCUT2D eigenvalue weighted by Crippen LogP contribution is 2.43. The molecule has 1 aromatic heterocycles. The number of aliphatic imine (C=N–C) groups is 1. The van der Waals surface area contributed by atoms with E-state index in [0.717, 1.165) is 25.6 Å². The average molecular weight is 305 g/mol. The molecule has 6 nitrogen and oxygen atoms in total. The number of guanidine groups is 1. The minimum absolute atomic E-state index is 0.451. The van der Waals surface area contributed by atoms with Crippen molar-refractivity contribution in [2.45, 2.75) is 58.9 Å². The summed E-state index contributed by atoms with van der Waals surface area (Å²) >= 11 is 0. The Bertz CT molecular complexity index is 518. The highest BCUT2D eigenvalue weighted by molar-refractivity contribution is 5.80. The third kappa shape index (κ3) is 3.42. The van der Waals surface area contributed by atoms with Crippen molar-refractivity contribution in [2.24, 2.45) is 10.4 Å². The standard InChI is InChI=1S/C16H27N5O/c1-3-17-15(18-11-14-19-13(2)20-22-14)21-10-9-16(12-21)7-5-4-6-8-16/h3-12H2,1-2H3,(H,17,18). The molecule has 0 atom stereocenters. The van der Waals surface area contributed by atoms with Gasteiger partial charge in [0.2, 0.25) is 5.89 Å². The number of rotatable bonds is 3. The Kier molecular flexibility index (Phi) is 4.64. The van der Waals surface area contributed by atoms with E-state index >= 15 is 0 Å². The Morgan fingerprint density at radius 2 is 2.14 bits per heavy atom. The van der Waals surface area contributed by atoms with Gasteiger partial charge in [0.15, 0.2) is 11.8 Å². The average Bonchev–Trinajstić information content (AvgIpc) is 3.11. The van der Waals surface area contributed by atoms with Gasteiger partial charge in [-0.2, -0.15) is 4.98 Å². The molecule has 0 aromatic carbocycles. The van der Waals surface area contributed by atoms with Gasteiger partial charge >= 0.3 is 0 Å². The first-order chi connectivity index (χ1) is 10.7. The van der Waals surface area contributed by atoms with Gasteiger partial charge in [0.1, 0.15) is 6.54 Å². The smallest absolute Gasteiger partial charge is 0.248 e. The molecule has 2 fully saturated rings. The maximum atomic E-state index is 5.15. The van der Waals surface area contributed by atoms with Crippen molar-refractivity contribution < 1.29 is 4.52 Å². The van der Waals surface area contributed by atoms with Crippen molar-refractivity contribution in [3.8, 4) is 0 Å². The topological polar surface area (TPSA) is 66.5 Å². The zero-order valence-electron chi connectivity index (χ0n) is 13.8. The van der Waals surface area contributed by atoms with Gasteiger partial charge in [0.05, 0.1) is 0 Å². The highest BCUT2D eigenvalue weighted by atomic mass is 16.5. The van der Waals surface area contributed by atoms with E-state index in [1.807, 2.05) is 6.92 Å². The molecule has 3 rings (SSSR count). The van der Waals surface area contributed by atoms with Crippen LogP contribution in [0.2, 0.25) is 0 Å². The van der Waals surface area contributed by atoms with Crippen molar-refractivity contribution in [1.29, 1.82) is 0 Å². The number of hydrogen-bond acceptors (Lipinski definition) is 4. The monoisotopic (exact) mass is 305 g/mol. The maximum Gasteiger partial charge on any atom is 0.248 e. The van der Waals surface area contributed by atoms with Crippen LogP contribution in [0.3, 0.4) is 0 Å². The Hall–Kier alpha value is -1.59. The molecule has 0 amide bonds. The normalized spacial score (nSPS) is 21.5. The Balaban J connectivity index is 1.65. The zero-order valence-corrected chi connectivity index (χ0v) is 13.8. The maximum absolute atomic E-state index is 5.15. The second kappa shape index (κ2) is 6.67. The fraction of sp³-hybridized carbons (Fsp3) is 0.812. The van der Waals surface area contributed by atoms with Crippen LogP contribution in [0.5, 0.6) is 0 Å². The molecule has 2 heterocycles. The van der Waals surface area contributed by atoms with Crippen molar-refractivity contribution >= 4 is 5.96 Å². The van der Waals surface area contributed by atoms with Crippen LogP contribution in [-0.4, -0.2) is 40.6 Å². The lowest BCUT2D eigenvalue weighted by atomic mass is 9.73. The summed E-state index contributed by atoms with van der Waals surface area (Å²) in [7, 11) is 0. The predicted molar refractivity (Wildman–Crippen MR) is 85.6 cm³/mol. The van der Waals surface area contributed by atoms with E-state index in [1.54, 1.807) is 0 Å². The van der Waals surface area contributed by atoms with Gasteiger partial charge in [-0.15, -0.1) is 0 Å². The van der Waals surface area contributed by atoms with Crippen molar-refractivity contribution in [2.75, 3.05) is 19.6 Å². The summed E-state index contributed by atoms with van der Waals surface area (Å²) in [4.78, 5) is 11.3. The second-order valence-electron chi connectivity index (χ2n) is 6.64. The lowest BCUT2D eigenvalue weighted by Gasteiger charge is -2.33. The number of aryl methyl sites for hydroxylation is 1. The first-order valence-corrected chi connectivity index (χ1v) is 8.53. The van der Waals surface area contributed by atoms with Gasteiger partial charge < -0.3 is 14.7 Å². The lowest BCUT2D eigenvalue weighted by molar-refractivity contribution is 0.203. The minimum atomic E-state index is 0.451. The summed E-state index contributed by atoms with van der Waals surface area (Å²) in [5.74, 6) is 2.23. The summed E-state index contributed by atoms with van der Waals surface area (Å²) in [6.07, 6.45) is 8.26. The van der Waals surface area contributed by atoms with Crippen LogP contribution in [0.4, 0.5) is 0 Å². The molecule has 122 valence electrons. The fourth-order valence-corrected chi connectivity index (χ4v) is 3.80. The molecule has 22 heavy (non-hydrogen) atoms. The van der Waals surface area contributed by atoms with Crippen LogP contribution >= 0.6 is 0 Å². The van der Waals surface area contributed by atoms with Crippen molar-refractivity contribution in [3.05, 3.63) is 11.7 Å². The first-order valence-electron chi connectivity index (χ1n) is 8.53. The third-order valence-corrected chi connectivity index (χ3v) is 4.92. The molecule has 1 N–H and O–H groups in total. The predicted octanol–water partition coefficient (Wildman–Crippen LogP) is 2.50. The highest BCUT2D eigenvalue weighted by Gasteiger charge is 2.39. The van der Waals surface area contributed by atoms with E-state index in [4.69, 9.17) is 9.52 Å². The number of nitrogens with zero attached hydrogens (tertiary/aromatic N) is 4. The van der Waals surface area contributed by atoms with E-state index in [1.165, 1.54) is 38.5 Å². The molecule has 0 unspecified atom stereocenters. The molecular formula is C16H27N5O. The zero-order chi connectivity index (χ0) is 15.4. The van der Waals surface area contributed by atoms with E-state index in [2.05, 4.69) is 27.3 Å². The van der Waals surface area contributed by atoms with E-state index in [0.29, 0.717) is 23.7 Å². The molecule has 1 aliphatic heterocycles. The summed E-state index contributed by atoms with van der Waals surface area (Å²) in [6.45, 7) is 7.52. The van der Waals surface area contributed by atoms with Crippen LogP contribution in [-0.2, 0) is 6.54 Å². The Morgan fingerprint density at radius 3 is 2.82 bits per heavy atom.